The fraction of sp³-hybridized carbons (Fsp3) is 0.100. The van der Waals surface area contributed by atoms with Gasteiger partial charge in [0.1, 0.15) is 0 Å². The minimum absolute atomic E-state index is 0.258. The lowest BCUT2D eigenvalue weighted by Crippen LogP contribution is -2.24. The van der Waals surface area contributed by atoms with Gasteiger partial charge < -0.3 is 0 Å². The topological polar surface area (TPSA) is 88.4 Å². The van der Waals surface area contributed by atoms with Crippen LogP contribution in [0.5, 0.6) is 0 Å². The molecule has 0 aliphatic carbocycles. The third-order valence-corrected chi connectivity index (χ3v) is 4.34. The fourth-order valence-corrected chi connectivity index (χ4v) is 2.71. The maximum absolute atomic E-state index is 12.4. The van der Waals surface area contributed by atoms with Crippen LogP contribution in [0.1, 0.15) is 37.7 Å². The standard InChI is InChI=1S/C20H18ClN5O2/c1-13-10-17(12-23-24-19(27)16-4-3-9-22-11-16)14(2)26(13)25-20(28)15-5-7-18(21)8-6-15/h3-12H,1-2H3,(H,24,27)(H,25,28)/b23-12-. The Bertz CT molecular complexity index is 1030. The molecular formula is C20H18ClN5O2. The van der Waals surface area contributed by atoms with Gasteiger partial charge in [0.15, 0.2) is 0 Å². The molecule has 3 aromatic rings. The Morgan fingerprint density at radius 3 is 2.54 bits per heavy atom. The van der Waals surface area contributed by atoms with Crippen molar-refractivity contribution in [2.45, 2.75) is 13.8 Å². The average Bonchev–Trinajstić information content (AvgIpc) is 2.96. The Balaban J connectivity index is 1.70. The summed E-state index contributed by atoms with van der Waals surface area (Å²) in [5.41, 5.74) is 8.57. The molecule has 0 atom stereocenters. The summed E-state index contributed by atoms with van der Waals surface area (Å²) >= 11 is 5.86. The van der Waals surface area contributed by atoms with Gasteiger partial charge >= 0.3 is 0 Å². The molecule has 2 amide bonds. The molecule has 2 N–H and O–H groups in total. The minimum atomic E-state index is -0.353. The highest BCUT2D eigenvalue weighted by Crippen LogP contribution is 2.13. The zero-order valence-electron chi connectivity index (χ0n) is 15.3. The fourth-order valence-electron chi connectivity index (χ4n) is 2.58. The lowest BCUT2D eigenvalue weighted by Gasteiger charge is -2.11. The monoisotopic (exact) mass is 395 g/mol. The zero-order chi connectivity index (χ0) is 20.1. The number of nitrogens with one attached hydrogen (secondary N) is 2. The van der Waals surface area contributed by atoms with E-state index in [1.54, 1.807) is 47.3 Å². The lowest BCUT2D eigenvalue weighted by molar-refractivity contribution is 0.0953. The summed E-state index contributed by atoms with van der Waals surface area (Å²) in [5, 5.41) is 4.55. The van der Waals surface area contributed by atoms with Crippen LogP contribution in [-0.4, -0.2) is 27.7 Å². The smallest absolute Gasteiger partial charge is 0.267 e. The van der Waals surface area contributed by atoms with Gasteiger partial charge in [0.05, 0.1) is 11.8 Å². The molecule has 0 bridgehead atoms. The van der Waals surface area contributed by atoms with Crippen LogP contribution in [0.15, 0.2) is 60.0 Å². The number of hydrogen-bond donors (Lipinski definition) is 2. The van der Waals surface area contributed by atoms with Gasteiger partial charge in [-0.3, -0.25) is 24.7 Å². The van der Waals surface area contributed by atoms with E-state index in [2.05, 4.69) is 20.9 Å². The van der Waals surface area contributed by atoms with Gasteiger partial charge in [-0.05, 0) is 56.3 Å². The van der Waals surface area contributed by atoms with E-state index in [9.17, 15) is 9.59 Å². The molecule has 0 saturated carbocycles. The second-order valence-electron chi connectivity index (χ2n) is 6.05. The summed E-state index contributed by atoms with van der Waals surface area (Å²) < 4.78 is 1.67. The van der Waals surface area contributed by atoms with Gasteiger partial charge in [-0.25, -0.2) is 5.43 Å². The zero-order valence-corrected chi connectivity index (χ0v) is 16.1. The molecule has 0 aliphatic heterocycles. The van der Waals surface area contributed by atoms with Crippen LogP contribution in [-0.2, 0) is 0 Å². The maximum atomic E-state index is 12.4. The first-order valence-electron chi connectivity index (χ1n) is 8.45. The van der Waals surface area contributed by atoms with E-state index in [1.165, 1.54) is 12.4 Å². The SMILES string of the molecule is Cc1cc(/C=N\NC(=O)c2cccnc2)c(C)n1NC(=O)c1ccc(Cl)cc1. The summed E-state index contributed by atoms with van der Waals surface area (Å²) in [6.07, 6.45) is 4.58. The first-order chi connectivity index (χ1) is 13.5. The Labute approximate surface area is 167 Å². The van der Waals surface area contributed by atoms with Crippen molar-refractivity contribution in [3.8, 4) is 0 Å². The molecule has 28 heavy (non-hydrogen) atoms. The number of aromatic nitrogens is 2. The Kier molecular flexibility index (Phi) is 5.86. The lowest BCUT2D eigenvalue weighted by atomic mass is 10.2. The van der Waals surface area contributed by atoms with Crippen molar-refractivity contribution < 1.29 is 9.59 Å². The number of carbonyl (C=O) groups is 2. The number of halogens is 1. The molecule has 142 valence electrons. The van der Waals surface area contributed by atoms with Crippen LogP contribution in [0, 0.1) is 13.8 Å². The van der Waals surface area contributed by atoms with Gasteiger partial charge in [0.2, 0.25) is 0 Å². The molecule has 0 unspecified atom stereocenters. The van der Waals surface area contributed by atoms with Gasteiger partial charge in [-0.15, -0.1) is 0 Å². The number of hydrogen-bond acceptors (Lipinski definition) is 4. The van der Waals surface area contributed by atoms with E-state index in [0.29, 0.717) is 16.1 Å². The van der Waals surface area contributed by atoms with Crippen molar-refractivity contribution in [1.82, 2.24) is 15.1 Å². The molecule has 0 spiro atoms. The predicted octanol–water partition coefficient (Wildman–Crippen LogP) is 3.30. The molecule has 2 aromatic heterocycles. The van der Waals surface area contributed by atoms with Crippen molar-refractivity contribution in [3.05, 3.63) is 88.0 Å². The van der Waals surface area contributed by atoms with Crippen LogP contribution in [0.3, 0.4) is 0 Å². The number of pyridine rings is 1. The molecular weight excluding hydrogens is 378 g/mol. The summed E-state index contributed by atoms with van der Waals surface area (Å²) in [7, 11) is 0. The quantitative estimate of drug-likeness (QED) is 0.513. The number of nitrogens with zero attached hydrogens (tertiary/aromatic N) is 3. The van der Waals surface area contributed by atoms with Crippen LogP contribution in [0.25, 0.3) is 0 Å². The van der Waals surface area contributed by atoms with E-state index in [-0.39, 0.29) is 11.8 Å². The van der Waals surface area contributed by atoms with Crippen molar-refractivity contribution in [2.75, 3.05) is 5.43 Å². The highest BCUT2D eigenvalue weighted by molar-refractivity contribution is 6.30. The van der Waals surface area contributed by atoms with E-state index >= 15 is 0 Å². The van der Waals surface area contributed by atoms with Crippen molar-refractivity contribution in [2.24, 2.45) is 5.10 Å². The minimum Gasteiger partial charge on any atom is -0.267 e. The van der Waals surface area contributed by atoms with Gasteiger partial charge in [-0.1, -0.05) is 11.6 Å². The average molecular weight is 396 g/mol. The summed E-state index contributed by atoms with van der Waals surface area (Å²) in [6, 6.07) is 11.8. The van der Waals surface area contributed by atoms with Gasteiger partial charge in [0.25, 0.3) is 11.8 Å². The van der Waals surface area contributed by atoms with Crippen molar-refractivity contribution in [3.63, 3.8) is 0 Å². The molecule has 0 radical (unpaired) electrons. The number of aryl methyl sites for hydroxylation is 1. The third-order valence-electron chi connectivity index (χ3n) is 4.08. The second kappa shape index (κ2) is 8.49. The van der Waals surface area contributed by atoms with E-state index < -0.39 is 0 Å². The first-order valence-corrected chi connectivity index (χ1v) is 8.83. The van der Waals surface area contributed by atoms with Crippen LogP contribution in [0.4, 0.5) is 0 Å². The molecule has 7 nitrogen and oxygen atoms in total. The molecule has 0 aliphatic rings. The number of rotatable bonds is 5. The molecule has 2 heterocycles. The van der Waals surface area contributed by atoms with Crippen LogP contribution < -0.4 is 10.9 Å². The van der Waals surface area contributed by atoms with Crippen molar-refractivity contribution in [1.29, 1.82) is 0 Å². The predicted molar refractivity (Wildman–Crippen MR) is 108 cm³/mol. The highest BCUT2D eigenvalue weighted by atomic mass is 35.5. The van der Waals surface area contributed by atoms with E-state index in [1.807, 2.05) is 19.9 Å². The molecule has 3 rings (SSSR count). The van der Waals surface area contributed by atoms with Crippen molar-refractivity contribution >= 4 is 29.6 Å². The molecule has 1 aromatic carbocycles. The molecule has 0 fully saturated rings. The maximum Gasteiger partial charge on any atom is 0.272 e. The Morgan fingerprint density at radius 1 is 1.11 bits per heavy atom. The summed E-state index contributed by atoms with van der Waals surface area (Å²) in [6.45, 7) is 3.71. The second-order valence-corrected chi connectivity index (χ2v) is 6.49. The summed E-state index contributed by atoms with van der Waals surface area (Å²) in [5.74, 6) is -0.610. The van der Waals surface area contributed by atoms with Gasteiger partial charge in [-0.2, -0.15) is 5.10 Å². The normalized spacial score (nSPS) is 10.8. The van der Waals surface area contributed by atoms with Gasteiger partial charge in [0, 0.05) is 39.9 Å². The summed E-state index contributed by atoms with van der Waals surface area (Å²) in [4.78, 5) is 28.3. The first kappa shape index (κ1) is 19.3. The molecule has 0 saturated heterocycles. The number of benzene rings is 1. The third kappa shape index (κ3) is 4.44. The number of carbonyl (C=O) groups excluding carboxylic acids is 2. The van der Waals surface area contributed by atoms with E-state index in [0.717, 1.165) is 17.0 Å². The Morgan fingerprint density at radius 2 is 1.86 bits per heavy atom. The largest absolute Gasteiger partial charge is 0.272 e. The number of hydrazone groups is 1. The van der Waals surface area contributed by atoms with Crippen LogP contribution in [0.2, 0.25) is 5.02 Å². The Hall–Kier alpha value is -3.45. The highest BCUT2D eigenvalue weighted by Gasteiger charge is 2.12. The number of amides is 2. The van der Waals surface area contributed by atoms with E-state index in [4.69, 9.17) is 11.6 Å². The van der Waals surface area contributed by atoms with Crippen LogP contribution >= 0.6 is 11.6 Å². The molecule has 8 heteroatoms.